The molecule has 0 aromatic carbocycles. The number of rotatable bonds is 8. The molecule has 0 aliphatic carbocycles. The summed E-state index contributed by atoms with van der Waals surface area (Å²) in [5.41, 5.74) is 0. The van der Waals surface area contributed by atoms with Crippen molar-refractivity contribution in [1.82, 2.24) is 14.3 Å². The molecule has 0 spiro atoms. The number of halogens is 1. The number of hydrogen-bond donors (Lipinski definition) is 1. The molecule has 18 heavy (non-hydrogen) atoms. The molecule has 1 unspecified atom stereocenters. The van der Waals surface area contributed by atoms with Gasteiger partial charge in [-0.05, 0) is 13.3 Å². The molecule has 0 bridgehead atoms. The Balaban J connectivity index is 2.78. The van der Waals surface area contributed by atoms with Gasteiger partial charge in [0.2, 0.25) is 0 Å². The standard InChI is InChI=1S/C10H18BrN3O3S/c1-3-14-6-10(12-8-14)18(15,16)13-9(4-5-11)7-17-2/h6,8-9,13H,3-5,7H2,1-2H3. The second-order valence-corrected chi connectivity index (χ2v) is 6.25. The Bertz CT molecular complexity index is 455. The highest BCUT2D eigenvalue weighted by Gasteiger charge is 2.21. The van der Waals surface area contributed by atoms with Crippen LogP contribution in [0.4, 0.5) is 0 Å². The number of imidazole rings is 1. The molecular weight excluding hydrogens is 322 g/mol. The number of nitrogens with one attached hydrogen (secondary N) is 1. The van der Waals surface area contributed by atoms with Crippen molar-refractivity contribution in [3.63, 3.8) is 0 Å². The number of aromatic nitrogens is 2. The van der Waals surface area contributed by atoms with Crippen molar-refractivity contribution in [2.75, 3.05) is 19.0 Å². The summed E-state index contributed by atoms with van der Waals surface area (Å²) in [7, 11) is -2.03. The van der Waals surface area contributed by atoms with Crippen molar-refractivity contribution in [1.29, 1.82) is 0 Å². The average molecular weight is 340 g/mol. The van der Waals surface area contributed by atoms with Gasteiger partial charge in [-0.3, -0.25) is 0 Å². The fourth-order valence-electron chi connectivity index (χ4n) is 1.44. The van der Waals surface area contributed by atoms with Gasteiger partial charge in [0.25, 0.3) is 10.0 Å². The lowest BCUT2D eigenvalue weighted by molar-refractivity contribution is 0.173. The normalized spacial score (nSPS) is 13.7. The van der Waals surface area contributed by atoms with E-state index >= 15 is 0 Å². The van der Waals surface area contributed by atoms with Gasteiger partial charge >= 0.3 is 0 Å². The molecule has 0 saturated carbocycles. The first kappa shape index (κ1) is 15.6. The van der Waals surface area contributed by atoms with Crippen molar-refractivity contribution in [3.8, 4) is 0 Å². The summed E-state index contributed by atoms with van der Waals surface area (Å²) < 4.78 is 33.4. The van der Waals surface area contributed by atoms with Crippen molar-refractivity contribution in [3.05, 3.63) is 12.5 Å². The smallest absolute Gasteiger partial charge is 0.259 e. The molecule has 1 heterocycles. The van der Waals surface area contributed by atoms with Crippen molar-refractivity contribution < 1.29 is 13.2 Å². The third kappa shape index (κ3) is 4.34. The Morgan fingerprint density at radius 3 is 2.83 bits per heavy atom. The Labute approximate surface area is 116 Å². The van der Waals surface area contributed by atoms with Crippen LogP contribution in [0.3, 0.4) is 0 Å². The zero-order valence-corrected chi connectivity index (χ0v) is 12.9. The Morgan fingerprint density at radius 2 is 2.33 bits per heavy atom. The SMILES string of the molecule is CCn1cnc(S(=O)(=O)NC(CCBr)COC)c1. The predicted molar refractivity (Wildman–Crippen MR) is 72.3 cm³/mol. The first-order chi connectivity index (χ1) is 8.53. The van der Waals surface area contributed by atoms with E-state index in [-0.39, 0.29) is 11.1 Å². The average Bonchev–Trinajstić information content (AvgIpc) is 2.78. The second-order valence-electron chi connectivity index (χ2n) is 3.79. The van der Waals surface area contributed by atoms with Crippen LogP contribution in [0.25, 0.3) is 0 Å². The molecule has 0 aliphatic rings. The van der Waals surface area contributed by atoms with Gasteiger partial charge in [0.1, 0.15) is 0 Å². The number of methoxy groups -OCH3 is 1. The van der Waals surface area contributed by atoms with Gasteiger partial charge in [0, 0.05) is 31.2 Å². The molecule has 104 valence electrons. The van der Waals surface area contributed by atoms with Crippen LogP contribution in [0.15, 0.2) is 17.6 Å². The minimum absolute atomic E-state index is 0.0417. The molecule has 0 amide bonds. The number of sulfonamides is 1. The molecule has 0 aliphatic heterocycles. The topological polar surface area (TPSA) is 73.2 Å². The van der Waals surface area contributed by atoms with E-state index in [9.17, 15) is 8.42 Å². The number of alkyl halides is 1. The van der Waals surface area contributed by atoms with E-state index in [1.807, 2.05) is 6.92 Å². The van der Waals surface area contributed by atoms with E-state index in [4.69, 9.17) is 4.74 Å². The summed E-state index contributed by atoms with van der Waals surface area (Å²) in [6, 6.07) is -0.258. The van der Waals surface area contributed by atoms with E-state index in [1.165, 1.54) is 12.5 Å². The van der Waals surface area contributed by atoms with Crippen LogP contribution in [0.5, 0.6) is 0 Å². The molecule has 0 fully saturated rings. The summed E-state index contributed by atoms with van der Waals surface area (Å²) in [5, 5.41) is 0.743. The molecule has 6 nitrogen and oxygen atoms in total. The minimum atomic E-state index is -3.58. The van der Waals surface area contributed by atoms with Crippen LogP contribution in [0.2, 0.25) is 0 Å². The molecule has 0 saturated heterocycles. The molecule has 0 radical (unpaired) electrons. The number of nitrogens with zero attached hydrogens (tertiary/aromatic N) is 2. The lowest BCUT2D eigenvalue weighted by Gasteiger charge is -2.15. The van der Waals surface area contributed by atoms with Gasteiger partial charge in [0.05, 0.1) is 12.9 Å². The van der Waals surface area contributed by atoms with E-state index in [1.54, 1.807) is 11.7 Å². The van der Waals surface area contributed by atoms with Crippen LogP contribution < -0.4 is 4.72 Å². The van der Waals surface area contributed by atoms with E-state index < -0.39 is 10.0 Å². The molecule has 1 atom stereocenters. The van der Waals surface area contributed by atoms with E-state index in [2.05, 4.69) is 25.6 Å². The van der Waals surface area contributed by atoms with E-state index in [0.29, 0.717) is 24.9 Å². The summed E-state index contributed by atoms with van der Waals surface area (Å²) in [6.45, 7) is 2.94. The second kappa shape index (κ2) is 7.22. The molecule has 1 rings (SSSR count). The van der Waals surface area contributed by atoms with Crippen molar-refractivity contribution in [2.24, 2.45) is 0 Å². The Morgan fingerprint density at radius 1 is 1.61 bits per heavy atom. The highest BCUT2D eigenvalue weighted by atomic mass is 79.9. The van der Waals surface area contributed by atoms with Crippen LogP contribution >= 0.6 is 15.9 Å². The lowest BCUT2D eigenvalue weighted by Crippen LogP contribution is -2.38. The highest BCUT2D eigenvalue weighted by Crippen LogP contribution is 2.08. The highest BCUT2D eigenvalue weighted by molar-refractivity contribution is 9.09. The number of ether oxygens (including phenoxy) is 1. The van der Waals surface area contributed by atoms with Crippen molar-refractivity contribution >= 4 is 26.0 Å². The van der Waals surface area contributed by atoms with Gasteiger partial charge in [-0.1, -0.05) is 15.9 Å². The largest absolute Gasteiger partial charge is 0.383 e. The fraction of sp³-hybridized carbons (Fsp3) is 0.700. The first-order valence-electron chi connectivity index (χ1n) is 5.62. The van der Waals surface area contributed by atoms with Crippen LogP contribution in [-0.4, -0.2) is 43.1 Å². The Kier molecular flexibility index (Phi) is 6.27. The number of hydrogen-bond acceptors (Lipinski definition) is 4. The zero-order chi connectivity index (χ0) is 13.6. The molecule has 1 N–H and O–H groups in total. The quantitative estimate of drug-likeness (QED) is 0.716. The van der Waals surface area contributed by atoms with Gasteiger partial charge in [0.15, 0.2) is 5.03 Å². The van der Waals surface area contributed by atoms with Gasteiger partial charge in [-0.2, -0.15) is 0 Å². The van der Waals surface area contributed by atoms with Crippen LogP contribution in [0, 0.1) is 0 Å². The van der Waals surface area contributed by atoms with Gasteiger partial charge in [-0.15, -0.1) is 0 Å². The molecule has 1 aromatic rings. The van der Waals surface area contributed by atoms with Crippen LogP contribution in [-0.2, 0) is 21.3 Å². The maximum Gasteiger partial charge on any atom is 0.259 e. The maximum atomic E-state index is 12.1. The van der Waals surface area contributed by atoms with Gasteiger partial charge in [-0.25, -0.2) is 18.1 Å². The lowest BCUT2D eigenvalue weighted by atomic mass is 10.3. The minimum Gasteiger partial charge on any atom is -0.383 e. The fourth-order valence-corrected chi connectivity index (χ4v) is 3.20. The zero-order valence-electron chi connectivity index (χ0n) is 10.5. The third-order valence-electron chi connectivity index (χ3n) is 2.40. The molecule has 1 aromatic heterocycles. The van der Waals surface area contributed by atoms with E-state index in [0.717, 1.165) is 0 Å². The number of aryl methyl sites for hydroxylation is 1. The van der Waals surface area contributed by atoms with Crippen LogP contribution in [0.1, 0.15) is 13.3 Å². The monoisotopic (exact) mass is 339 g/mol. The Hall–Kier alpha value is -0.440. The molecular formula is C10H18BrN3O3S. The summed E-state index contributed by atoms with van der Waals surface area (Å²) in [5.74, 6) is 0. The van der Waals surface area contributed by atoms with Gasteiger partial charge < -0.3 is 9.30 Å². The summed E-state index contributed by atoms with van der Waals surface area (Å²) in [6.07, 6.45) is 3.67. The first-order valence-corrected chi connectivity index (χ1v) is 8.23. The summed E-state index contributed by atoms with van der Waals surface area (Å²) in [4.78, 5) is 3.89. The third-order valence-corrected chi connectivity index (χ3v) is 4.26. The van der Waals surface area contributed by atoms with Crippen molar-refractivity contribution in [2.45, 2.75) is 31.0 Å². The predicted octanol–water partition coefficient (Wildman–Crippen LogP) is 0.981. The summed E-state index contributed by atoms with van der Waals surface area (Å²) >= 11 is 3.29. The maximum absolute atomic E-state index is 12.1. The molecule has 8 heteroatoms.